The van der Waals surface area contributed by atoms with Gasteiger partial charge in [0.1, 0.15) is 0 Å². The zero-order valence-electron chi connectivity index (χ0n) is 16.0. The molecule has 0 spiro atoms. The predicted molar refractivity (Wildman–Crippen MR) is 104 cm³/mol. The van der Waals surface area contributed by atoms with E-state index < -0.39 is 0 Å². The van der Waals surface area contributed by atoms with Gasteiger partial charge < -0.3 is 4.90 Å². The van der Waals surface area contributed by atoms with E-state index in [-0.39, 0.29) is 5.91 Å². The molecule has 3 rings (SSSR count). The summed E-state index contributed by atoms with van der Waals surface area (Å²) >= 11 is 0. The minimum atomic E-state index is -0.0181. The van der Waals surface area contributed by atoms with Crippen LogP contribution in [0.25, 0.3) is 0 Å². The summed E-state index contributed by atoms with van der Waals surface area (Å²) < 4.78 is 1.95. The fourth-order valence-electron chi connectivity index (χ4n) is 3.70. The second-order valence-corrected chi connectivity index (χ2v) is 7.24. The number of hydrogen-bond donors (Lipinski definition) is 0. The van der Waals surface area contributed by atoms with E-state index in [1.54, 1.807) is 19.0 Å². The molecule has 5 heteroatoms. The van der Waals surface area contributed by atoms with E-state index in [4.69, 9.17) is 0 Å². The molecular weight excluding hydrogens is 324 g/mol. The second kappa shape index (κ2) is 7.87. The van der Waals surface area contributed by atoms with Crippen LogP contribution in [-0.2, 0) is 25.9 Å². The Morgan fingerprint density at radius 2 is 2.04 bits per heavy atom. The Morgan fingerprint density at radius 3 is 2.69 bits per heavy atom. The zero-order valence-corrected chi connectivity index (χ0v) is 16.0. The van der Waals surface area contributed by atoms with E-state index >= 15 is 0 Å². The van der Waals surface area contributed by atoms with Gasteiger partial charge in [-0.05, 0) is 31.9 Å². The van der Waals surface area contributed by atoms with Crippen molar-refractivity contribution in [3.63, 3.8) is 0 Å². The first-order chi connectivity index (χ1) is 12.5. The van der Waals surface area contributed by atoms with Crippen LogP contribution >= 0.6 is 0 Å². The van der Waals surface area contributed by atoms with Crippen LogP contribution in [0.5, 0.6) is 0 Å². The van der Waals surface area contributed by atoms with Crippen molar-refractivity contribution in [1.29, 1.82) is 0 Å². The molecular formula is C21H28N4O. The lowest BCUT2D eigenvalue weighted by atomic mass is 9.90. The monoisotopic (exact) mass is 352 g/mol. The van der Waals surface area contributed by atoms with Crippen molar-refractivity contribution < 1.29 is 4.79 Å². The molecule has 1 unspecified atom stereocenters. The van der Waals surface area contributed by atoms with Crippen LogP contribution in [0, 0.1) is 0 Å². The van der Waals surface area contributed by atoms with Gasteiger partial charge in [0.15, 0.2) is 5.69 Å². The van der Waals surface area contributed by atoms with Gasteiger partial charge in [-0.1, -0.05) is 36.4 Å². The van der Waals surface area contributed by atoms with Gasteiger partial charge in [-0.3, -0.25) is 14.4 Å². The Balaban J connectivity index is 1.84. The van der Waals surface area contributed by atoms with Gasteiger partial charge in [0, 0.05) is 37.9 Å². The Hall–Kier alpha value is -2.40. The van der Waals surface area contributed by atoms with E-state index in [2.05, 4.69) is 47.9 Å². The molecule has 1 amide bonds. The van der Waals surface area contributed by atoms with Crippen molar-refractivity contribution in [3.05, 3.63) is 65.5 Å². The number of nitrogens with zero attached hydrogens (tertiary/aromatic N) is 4. The molecule has 0 bridgehead atoms. The highest BCUT2D eigenvalue weighted by Gasteiger charge is 2.31. The fraction of sp³-hybridized carbons (Fsp3) is 0.429. The molecule has 1 aromatic carbocycles. The Kier molecular flexibility index (Phi) is 5.57. The normalized spacial score (nSPS) is 16.4. The van der Waals surface area contributed by atoms with Gasteiger partial charge in [0.25, 0.3) is 5.91 Å². The van der Waals surface area contributed by atoms with E-state index in [9.17, 15) is 4.79 Å². The lowest BCUT2D eigenvalue weighted by Crippen LogP contribution is -2.37. The Morgan fingerprint density at radius 1 is 1.31 bits per heavy atom. The zero-order chi connectivity index (χ0) is 18.7. The molecule has 2 aromatic rings. The first-order valence-corrected chi connectivity index (χ1v) is 9.16. The van der Waals surface area contributed by atoms with Crippen molar-refractivity contribution in [2.75, 3.05) is 21.1 Å². The van der Waals surface area contributed by atoms with Crippen LogP contribution in [0.2, 0.25) is 0 Å². The summed E-state index contributed by atoms with van der Waals surface area (Å²) in [4.78, 5) is 16.6. The van der Waals surface area contributed by atoms with Crippen LogP contribution in [0.15, 0.2) is 43.0 Å². The number of carbonyl (C=O) groups excluding carboxylic acids is 1. The third kappa shape index (κ3) is 3.73. The van der Waals surface area contributed by atoms with Gasteiger partial charge in [-0.2, -0.15) is 5.10 Å². The number of benzene rings is 1. The van der Waals surface area contributed by atoms with Crippen LogP contribution in [0.1, 0.15) is 33.7 Å². The number of likely N-dealkylation sites (N-methyl/N-ethyl adjacent to an activating group) is 1. The first kappa shape index (κ1) is 18.4. The SMILES string of the molecule is C=CCn1nc(C(=O)N(C)C)c2c1CCC(N(C)Cc1ccccc1)C2. The summed E-state index contributed by atoms with van der Waals surface area (Å²) in [5, 5.41) is 4.62. The van der Waals surface area contributed by atoms with Gasteiger partial charge in [0.2, 0.25) is 0 Å². The van der Waals surface area contributed by atoms with E-state index in [0.29, 0.717) is 18.3 Å². The summed E-state index contributed by atoms with van der Waals surface area (Å²) in [6, 6.07) is 10.9. The lowest BCUT2D eigenvalue weighted by molar-refractivity contribution is 0.0819. The van der Waals surface area contributed by atoms with Crippen molar-refractivity contribution in [1.82, 2.24) is 19.6 Å². The standard InChI is InChI=1S/C21H28N4O/c1-5-13-25-19-12-11-17(24(4)15-16-9-7-6-8-10-16)14-18(19)20(22-25)21(26)23(2)3/h5-10,17H,1,11-15H2,2-4H3. The second-order valence-electron chi connectivity index (χ2n) is 7.24. The topological polar surface area (TPSA) is 41.4 Å². The van der Waals surface area contributed by atoms with Crippen molar-refractivity contribution >= 4 is 5.91 Å². The van der Waals surface area contributed by atoms with E-state index in [1.807, 2.05) is 16.8 Å². The van der Waals surface area contributed by atoms with Crippen molar-refractivity contribution in [2.24, 2.45) is 0 Å². The third-order valence-electron chi connectivity index (χ3n) is 5.13. The Labute approximate surface area is 155 Å². The molecule has 1 heterocycles. The summed E-state index contributed by atoms with van der Waals surface area (Å²) in [6.45, 7) is 5.38. The molecule has 0 radical (unpaired) electrons. The molecule has 0 fully saturated rings. The van der Waals surface area contributed by atoms with Crippen molar-refractivity contribution in [2.45, 2.75) is 38.4 Å². The molecule has 1 aromatic heterocycles. The first-order valence-electron chi connectivity index (χ1n) is 9.16. The molecule has 0 N–H and O–H groups in total. The molecule has 26 heavy (non-hydrogen) atoms. The molecule has 1 aliphatic rings. The maximum absolute atomic E-state index is 12.6. The molecule has 1 aliphatic carbocycles. The molecule has 5 nitrogen and oxygen atoms in total. The average Bonchev–Trinajstić information content (AvgIpc) is 3.00. The highest BCUT2D eigenvalue weighted by Crippen LogP contribution is 2.28. The van der Waals surface area contributed by atoms with Gasteiger partial charge in [0.05, 0.1) is 6.54 Å². The highest BCUT2D eigenvalue weighted by molar-refractivity contribution is 5.93. The third-order valence-corrected chi connectivity index (χ3v) is 5.13. The molecule has 0 saturated heterocycles. The largest absolute Gasteiger partial charge is 0.343 e. The summed E-state index contributed by atoms with van der Waals surface area (Å²) in [5.41, 5.74) is 4.22. The number of amides is 1. The summed E-state index contributed by atoms with van der Waals surface area (Å²) in [5.74, 6) is -0.0181. The number of hydrogen-bond acceptors (Lipinski definition) is 3. The maximum Gasteiger partial charge on any atom is 0.274 e. The van der Waals surface area contributed by atoms with Gasteiger partial charge in [-0.15, -0.1) is 6.58 Å². The van der Waals surface area contributed by atoms with E-state index in [0.717, 1.165) is 31.4 Å². The van der Waals surface area contributed by atoms with Crippen LogP contribution in [0.3, 0.4) is 0 Å². The molecule has 0 saturated carbocycles. The van der Waals surface area contributed by atoms with Gasteiger partial charge in [-0.25, -0.2) is 0 Å². The molecule has 0 aliphatic heterocycles. The van der Waals surface area contributed by atoms with Crippen LogP contribution in [-0.4, -0.2) is 52.7 Å². The lowest BCUT2D eigenvalue weighted by Gasteiger charge is -2.32. The fourth-order valence-corrected chi connectivity index (χ4v) is 3.70. The average molecular weight is 352 g/mol. The smallest absolute Gasteiger partial charge is 0.274 e. The van der Waals surface area contributed by atoms with E-state index in [1.165, 1.54) is 11.3 Å². The molecule has 1 atom stereocenters. The summed E-state index contributed by atoms with van der Waals surface area (Å²) in [7, 11) is 5.73. The highest BCUT2D eigenvalue weighted by atomic mass is 16.2. The van der Waals surface area contributed by atoms with Crippen LogP contribution in [0.4, 0.5) is 0 Å². The van der Waals surface area contributed by atoms with Crippen molar-refractivity contribution in [3.8, 4) is 0 Å². The summed E-state index contributed by atoms with van der Waals surface area (Å²) in [6.07, 6.45) is 4.73. The Bertz CT molecular complexity index is 779. The number of carbonyl (C=O) groups is 1. The number of fused-ring (bicyclic) bond motifs is 1. The van der Waals surface area contributed by atoms with Crippen LogP contribution < -0.4 is 0 Å². The minimum Gasteiger partial charge on any atom is -0.343 e. The predicted octanol–water partition coefficient (Wildman–Crippen LogP) is 2.76. The maximum atomic E-state index is 12.6. The minimum absolute atomic E-state index is 0.0181. The van der Waals surface area contributed by atoms with Gasteiger partial charge >= 0.3 is 0 Å². The number of rotatable bonds is 6. The number of allylic oxidation sites excluding steroid dienone is 1. The number of aromatic nitrogens is 2. The molecule has 138 valence electrons. The quantitative estimate of drug-likeness (QED) is 0.751.